The Hall–Kier alpha value is -1.31. The Balaban J connectivity index is 3.89. The van der Waals surface area contributed by atoms with E-state index in [-0.39, 0.29) is 16.2 Å². The quantitative estimate of drug-likeness (QED) is 0.785. The fourth-order valence-corrected chi connectivity index (χ4v) is 2.48. The normalized spacial score (nSPS) is 13.4. The third-order valence-corrected chi connectivity index (χ3v) is 3.82. The van der Waals surface area contributed by atoms with Gasteiger partial charge in [-0.3, -0.25) is 0 Å². The van der Waals surface area contributed by atoms with Gasteiger partial charge in [-0.05, 0) is 32.9 Å². The third-order valence-electron chi connectivity index (χ3n) is 3.82. The first kappa shape index (κ1) is 17.7. The molecule has 1 aromatic carbocycles. The molecule has 21 heavy (non-hydrogen) atoms. The van der Waals surface area contributed by atoms with E-state index in [9.17, 15) is 9.90 Å². The van der Waals surface area contributed by atoms with Crippen molar-refractivity contribution in [2.24, 2.45) is 0 Å². The molecule has 118 valence electrons. The number of hydrogen-bond donors (Lipinski definition) is 0. The predicted octanol–water partition coefficient (Wildman–Crippen LogP) is 3.94. The number of carboxylic acids is 1. The summed E-state index contributed by atoms with van der Waals surface area (Å²) in [4.78, 5) is 11.8. The molecule has 0 bridgehead atoms. The van der Waals surface area contributed by atoms with Crippen molar-refractivity contribution in [1.29, 1.82) is 0 Å². The minimum absolute atomic E-state index is 0.0234. The lowest BCUT2D eigenvalue weighted by molar-refractivity contribution is -0.255. The smallest absolute Gasteiger partial charge is 0.0721 e. The standard InChI is InChI=1S/C19H30O2/c1-17(2,3)12-10-13(18(4,5)6)15(16(20)21)14(11-12)19(7,8)9/h10-11H,1-9H3,(H,20,21)/p-1. The lowest BCUT2D eigenvalue weighted by atomic mass is 9.72. The molecule has 0 N–H and O–H groups in total. The molecular weight excluding hydrogens is 260 g/mol. The lowest BCUT2D eigenvalue weighted by Crippen LogP contribution is -2.32. The Bertz CT molecular complexity index is 511. The van der Waals surface area contributed by atoms with Gasteiger partial charge in [0.15, 0.2) is 0 Å². The molecule has 0 fully saturated rings. The first-order valence-corrected chi connectivity index (χ1v) is 7.56. The molecule has 0 aromatic heterocycles. The van der Waals surface area contributed by atoms with Crippen LogP contribution in [-0.4, -0.2) is 5.97 Å². The molecule has 0 heterocycles. The van der Waals surface area contributed by atoms with Crippen LogP contribution < -0.4 is 5.11 Å². The Morgan fingerprint density at radius 1 is 0.762 bits per heavy atom. The van der Waals surface area contributed by atoms with E-state index in [2.05, 4.69) is 20.8 Å². The van der Waals surface area contributed by atoms with Gasteiger partial charge in [0.05, 0.1) is 5.97 Å². The van der Waals surface area contributed by atoms with Crippen LogP contribution in [-0.2, 0) is 16.2 Å². The summed E-state index contributed by atoms with van der Waals surface area (Å²) in [5.74, 6) is -1.08. The highest BCUT2D eigenvalue weighted by Crippen LogP contribution is 2.37. The Morgan fingerprint density at radius 2 is 1.10 bits per heavy atom. The summed E-state index contributed by atoms with van der Waals surface area (Å²) in [6.45, 7) is 18.8. The zero-order chi connectivity index (χ0) is 16.8. The number of benzene rings is 1. The first-order valence-electron chi connectivity index (χ1n) is 7.56. The van der Waals surface area contributed by atoms with Gasteiger partial charge in [-0.25, -0.2) is 0 Å². The van der Waals surface area contributed by atoms with Gasteiger partial charge in [0.2, 0.25) is 0 Å². The molecule has 0 amide bonds. The van der Waals surface area contributed by atoms with E-state index < -0.39 is 5.97 Å². The van der Waals surface area contributed by atoms with Gasteiger partial charge < -0.3 is 9.90 Å². The third kappa shape index (κ3) is 3.87. The summed E-state index contributed by atoms with van der Waals surface area (Å²) in [7, 11) is 0. The van der Waals surface area contributed by atoms with Crippen molar-refractivity contribution in [2.45, 2.75) is 78.6 Å². The maximum atomic E-state index is 11.8. The van der Waals surface area contributed by atoms with Gasteiger partial charge in [-0.15, -0.1) is 0 Å². The van der Waals surface area contributed by atoms with Gasteiger partial charge in [0, 0.05) is 5.56 Å². The number of aromatic carboxylic acids is 1. The molecule has 0 atom stereocenters. The number of carbonyl (C=O) groups excluding carboxylic acids is 1. The van der Waals surface area contributed by atoms with E-state index >= 15 is 0 Å². The molecule has 0 saturated carbocycles. The van der Waals surface area contributed by atoms with E-state index in [0.29, 0.717) is 5.56 Å². The van der Waals surface area contributed by atoms with Gasteiger partial charge >= 0.3 is 0 Å². The van der Waals surface area contributed by atoms with Crippen LogP contribution in [0.3, 0.4) is 0 Å². The monoisotopic (exact) mass is 289 g/mol. The number of hydrogen-bond acceptors (Lipinski definition) is 2. The van der Waals surface area contributed by atoms with Gasteiger partial charge in [-0.2, -0.15) is 0 Å². The van der Waals surface area contributed by atoms with Gasteiger partial charge in [0.1, 0.15) is 0 Å². The number of rotatable bonds is 1. The molecule has 0 unspecified atom stereocenters. The van der Waals surface area contributed by atoms with E-state index in [0.717, 1.165) is 11.1 Å². The van der Waals surface area contributed by atoms with E-state index in [4.69, 9.17) is 0 Å². The average Bonchev–Trinajstić information content (AvgIpc) is 2.23. The molecule has 0 aliphatic rings. The molecule has 2 heteroatoms. The fraction of sp³-hybridized carbons (Fsp3) is 0.632. The zero-order valence-corrected chi connectivity index (χ0v) is 15.0. The summed E-state index contributed by atoms with van der Waals surface area (Å²) < 4.78 is 0. The van der Waals surface area contributed by atoms with Crippen molar-refractivity contribution in [3.05, 3.63) is 34.4 Å². The molecule has 1 rings (SSSR count). The molecule has 0 aliphatic carbocycles. The number of carbonyl (C=O) groups is 1. The predicted molar refractivity (Wildman–Crippen MR) is 86.9 cm³/mol. The topological polar surface area (TPSA) is 40.1 Å². The van der Waals surface area contributed by atoms with Crippen LogP contribution in [0.15, 0.2) is 12.1 Å². The van der Waals surface area contributed by atoms with Crippen molar-refractivity contribution in [3.8, 4) is 0 Å². The second kappa shape index (κ2) is 5.15. The van der Waals surface area contributed by atoms with E-state index in [1.165, 1.54) is 5.56 Å². The minimum Gasteiger partial charge on any atom is -0.545 e. The van der Waals surface area contributed by atoms with Crippen LogP contribution in [0.25, 0.3) is 0 Å². The summed E-state index contributed by atoms with van der Waals surface area (Å²) in [5, 5.41) is 11.8. The largest absolute Gasteiger partial charge is 0.545 e. The van der Waals surface area contributed by atoms with Crippen LogP contribution >= 0.6 is 0 Å². The molecule has 0 aliphatic heterocycles. The zero-order valence-electron chi connectivity index (χ0n) is 15.0. The minimum atomic E-state index is -1.08. The highest BCUT2D eigenvalue weighted by molar-refractivity contribution is 5.91. The maximum absolute atomic E-state index is 11.8. The van der Waals surface area contributed by atoms with Gasteiger partial charge in [-0.1, -0.05) is 74.4 Å². The van der Waals surface area contributed by atoms with Crippen molar-refractivity contribution in [2.75, 3.05) is 0 Å². The summed E-state index contributed by atoms with van der Waals surface area (Å²) in [5.41, 5.74) is 2.75. The second-order valence-electron chi connectivity index (χ2n) is 8.98. The van der Waals surface area contributed by atoms with Crippen molar-refractivity contribution in [1.82, 2.24) is 0 Å². The van der Waals surface area contributed by atoms with E-state index in [1.807, 2.05) is 53.7 Å². The molecule has 0 spiro atoms. The molecule has 2 nitrogen and oxygen atoms in total. The lowest BCUT2D eigenvalue weighted by Gasteiger charge is -2.33. The Morgan fingerprint density at radius 3 is 1.29 bits per heavy atom. The van der Waals surface area contributed by atoms with E-state index in [1.54, 1.807) is 0 Å². The molecule has 0 saturated heterocycles. The Kier molecular flexibility index (Phi) is 4.35. The second-order valence-corrected chi connectivity index (χ2v) is 8.98. The van der Waals surface area contributed by atoms with Crippen LogP contribution in [0.2, 0.25) is 0 Å². The number of carboxylic acid groups (broad SMARTS) is 1. The summed E-state index contributed by atoms with van der Waals surface area (Å²) in [6.07, 6.45) is 0. The van der Waals surface area contributed by atoms with Crippen LogP contribution in [0.5, 0.6) is 0 Å². The highest BCUT2D eigenvalue weighted by atomic mass is 16.4. The first-order chi connectivity index (χ1) is 9.15. The van der Waals surface area contributed by atoms with Crippen LogP contribution in [0, 0.1) is 0 Å². The molecule has 1 aromatic rings. The molecular formula is C19H29O2-. The van der Waals surface area contributed by atoms with Gasteiger partial charge in [0.25, 0.3) is 0 Å². The Labute approximate surface area is 129 Å². The summed E-state index contributed by atoms with van der Waals surface area (Å²) in [6, 6.07) is 4.08. The van der Waals surface area contributed by atoms with Crippen molar-refractivity contribution >= 4 is 5.97 Å². The van der Waals surface area contributed by atoms with Crippen molar-refractivity contribution in [3.63, 3.8) is 0 Å². The maximum Gasteiger partial charge on any atom is 0.0721 e. The SMILES string of the molecule is CC(C)(C)c1cc(C(C)(C)C)c(C(=O)[O-])c(C(C)(C)C)c1. The van der Waals surface area contributed by atoms with Crippen molar-refractivity contribution < 1.29 is 9.90 Å². The fourth-order valence-electron chi connectivity index (χ4n) is 2.48. The highest BCUT2D eigenvalue weighted by Gasteiger charge is 2.29. The van der Waals surface area contributed by atoms with Crippen LogP contribution in [0.4, 0.5) is 0 Å². The average molecular weight is 289 g/mol. The van der Waals surface area contributed by atoms with Crippen LogP contribution in [0.1, 0.15) is 89.4 Å². The molecule has 0 radical (unpaired) electrons. The summed E-state index contributed by atoms with van der Waals surface area (Å²) >= 11 is 0.